The maximum absolute atomic E-state index is 12.1. The Hall–Kier alpha value is -2.81. The lowest BCUT2D eigenvalue weighted by atomic mass is 10.2. The molecule has 0 bridgehead atoms. The summed E-state index contributed by atoms with van der Waals surface area (Å²) in [5.74, 6) is -0.729. The minimum absolute atomic E-state index is 0.124. The van der Waals surface area contributed by atoms with Gasteiger partial charge in [-0.15, -0.1) is 0 Å². The number of hydrogen-bond donors (Lipinski definition) is 3. The first kappa shape index (κ1) is 18.5. The lowest BCUT2D eigenvalue weighted by Gasteiger charge is -2.14. The molecule has 0 aliphatic carbocycles. The summed E-state index contributed by atoms with van der Waals surface area (Å²) in [6.07, 6.45) is 2.43. The van der Waals surface area contributed by atoms with Gasteiger partial charge in [-0.1, -0.05) is 12.1 Å². The van der Waals surface area contributed by atoms with E-state index in [0.29, 0.717) is 11.3 Å². The topological polar surface area (TPSA) is 118 Å². The smallest absolute Gasteiger partial charge is 0.287 e. The van der Waals surface area contributed by atoms with E-state index in [2.05, 4.69) is 15.4 Å². The van der Waals surface area contributed by atoms with Crippen molar-refractivity contribution in [3.8, 4) is 0 Å². The monoisotopic (exact) mass is 365 g/mol. The van der Waals surface area contributed by atoms with Crippen LogP contribution in [0.25, 0.3) is 0 Å². The number of furan rings is 1. The second-order valence-electron chi connectivity index (χ2n) is 5.46. The normalized spacial score (nSPS) is 12.2. The molecule has 0 aliphatic heterocycles. The molecular formula is C16H19N3O5S. The van der Waals surface area contributed by atoms with Crippen LogP contribution in [-0.2, 0) is 21.4 Å². The van der Waals surface area contributed by atoms with Crippen LogP contribution in [-0.4, -0.2) is 32.5 Å². The Morgan fingerprint density at radius 2 is 1.96 bits per heavy atom. The molecule has 2 aromatic rings. The molecule has 2 amide bonds. The first-order valence-electron chi connectivity index (χ1n) is 7.43. The highest BCUT2D eigenvalue weighted by atomic mass is 32.2. The van der Waals surface area contributed by atoms with Gasteiger partial charge in [0.2, 0.25) is 15.9 Å². The largest absolute Gasteiger partial charge is 0.459 e. The van der Waals surface area contributed by atoms with Gasteiger partial charge in [-0.05, 0) is 36.8 Å². The quantitative estimate of drug-likeness (QED) is 0.679. The standard InChI is InChI=1S/C16H19N3O5S/c1-11(18-16(21)14-7-4-8-24-14)15(20)17-10-12-5-3-6-13(9-12)19-25(2,22)23/h3-9,11,19H,10H2,1-2H3,(H,17,20)(H,18,21)/t11-/m1/s1. The van der Waals surface area contributed by atoms with Gasteiger partial charge in [-0.3, -0.25) is 14.3 Å². The van der Waals surface area contributed by atoms with E-state index >= 15 is 0 Å². The number of benzene rings is 1. The summed E-state index contributed by atoms with van der Waals surface area (Å²) < 4.78 is 29.8. The van der Waals surface area contributed by atoms with Crippen molar-refractivity contribution in [2.75, 3.05) is 11.0 Å². The molecule has 25 heavy (non-hydrogen) atoms. The Balaban J connectivity index is 1.89. The Morgan fingerprint density at radius 3 is 2.60 bits per heavy atom. The third-order valence-electron chi connectivity index (χ3n) is 3.18. The van der Waals surface area contributed by atoms with Crippen LogP contribution in [0.5, 0.6) is 0 Å². The zero-order chi connectivity index (χ0) is 18.4. The van der Waals surface area contributed by atoms with Crippen molar-refractivity contribution < 1.29 is 22.4 Å². The number of carbonyl (C=O) groups excluding carboxylic acids is 2. The van der Waals surface area contributed by atoms with Gasteiger partial charge in [0.05, 0.1) is 12.5 Å². The summed E-state index contributed by atoms with van der Waals surface area (Å²) in [5, 5.41) is 5.20. The van der Waals surface area contributed by atoms with Gasteiger partial charge in [-0.2, -0.15) is 0 Å². The number of anilines is 1. The molecule has 8 nitrogen and oxygen atoms in total. The molecule has 134 valence electrons. The molecule has 0 fully saturated rings. The van der Waals surface area contributed by atoms with Gasteiger partial charge in [0.25, 0.3) is 5.91 Å². The fourth-order valence-electron chi connectivity index (χ4n) is 2.04. The second-order valence-corrected chi connectivity index (χ2v) is 7.21. The van der Waals surface area contributed by atoms with Crippen LogP contribution in [0.1, 0.15) is 23.0 Å². The molecule has 0 spiro atoms. The highest BCUT2D eigenvalue weighted by Gasteiger charge is 2.17. The molecule has 0 saturated heterocycles. The van der Waals surface area contributed by atoms with Gasteiger partial charge in [0, 0.05) is 12.2 Å². The summed E-state index contributed by atoms with van der Waals surface area (Å²) >= 11 is 0. The van der Waals surface area contributed by atoms with E-state index in [9.17, 15) is 18.0 Å². The number of sulfonamides is 1. The van der Waals surface area contributed by atoms with Crippen LogP contribution < -0.4 is 15.4 Å². The van der Waals surface area contributed by atoms with Gasteiger partial charge < -0.3 is 15.1 Å². The summed E-state index contributed by atoms with van der Waals surface area (Å²) in [4.78, 5) is 23.9. The van der Waals surface area contributed by atoms with Crippen molar-refractivity contribution >= 4 is 27.5 Å². The van der Waals surface area contributed by atoms with Crippen molar-refractivity contribution in [2.24, 2.45) is 0 Å². The minimum atomic E-state index is -3.37. The molecular weight excluding hydrogens is 346 g/mol. The molecule has 0 aliphatic rings. The third kappa shape index (κ3) is 5.96. The van der Waals surface area contributed by atoms with E-state index in [4.69, 9.17) is 4.42 Å². The van der Waals surface area contributed by atoms with E-state index in [1.54, 1.807) is 37.3 Å². The lowest BCUT2D eigenvalue weighted by Crippen LogP contribution is -2.44. The summed E-state index contributed by atoms with van der Waals surface area (Å²) in [7, 11) is -3.37. The van der Waals surface area contributed by atoms with Crippen molar-refractivity contribution in [2.45, 2.75) is 19.5 Å². The highest BCUT2D eigenvalue weighted by molar-refractivity contribution is 7.92. The molecule has 1 aromatic heterocycles. The number of hydrogen-bond acceptors (Lipinski definition) is 5. The molecule has 1 heterocycles. The first-order chi connectivity index (χ1) is 11.7. The van der Waals surface area contributed by atoms with Crippen molar-refractivity contribution in [3.05, 3.63) is 54.0 Å². The van der Waals surface area contributed by atoms with E-state index < -0.39 is 22.0 Å². The molecule has 2 rings (SSSR count). The molecule has 0 saturated carbocycles. The van der Waals surface area contributed by atoms with Crippen molar-refractivity contribution in [1.82, 2.24) is 10.6 Å². The number of carbonyl (C=O) groups is 2. The molecule has 3 N–H and O–H groups in total. The van der Waals surface area contributed by atoms with Crippen LogP contribution in [0.15, 0.2) is 47.1 Å². The second kappa shape index (κ2) is 7.84. The average Bonchev–Trinajstić information content (AvgIpc) is 3.05. The van der Waals surface area contributed by atoms with Gasteiger partial charge in [0.1, 0.15) is 6.04 Å². The van der Waals surface area contributed by atoms with Gasteiger partial charge in [0.15, 0.2) is 5.76 Å². The lowest BCUT2D eigenvalue weighted by molar-refractivity contribution is -0.122. The van der Waals surface area contributed by atoms with Crippen molar-refractivity contribution in [3.63, 3.8) is 0 Å². The Bertz CT molecular complexity index is 846. The SMILES string of the molecule is C[C@@H](NC(=O)c1ccco1)C(=O)NCc1cccc(NS(C)(=O)=O)c1. The number of amides is 2. The maximum Gasteiger partial charge on any atom is 0.287 e. The molecule has 0 radical (unpaired) electrons. The average molecular weight is 365 g/mol. The Kier molecular flexibility index (Phi) is 5.81. The van der Waals surface area contributed by atoms with Crippen LogP contribution >= 0.6 is 0 Å². The number of nitrogens with one attached hydrogen (secondary N) is 3. The molecule has 1 atom stereocenters. The molecule has 1 aromatic carbocycles. The van der Waals surface area contributed by atoms with E-state index in [1.165, 1.54) is 12.3 Å². The fraction of sp³-hybridized carbons (Fsp3) is 0.250. The Labute approximate surface area is 145 Å². The highest BCUT2D eigenvalue weighted by Crippen LogP contribution is 2.11. The van der Waals surface area contributed by atoms with Crippen LogP contribution in [0.2, 0.25) is 0 Å². The predicted octanol–water partition coefficient (Wildman–Crippen LogP) is 1.09. The molecule has 0 unspecified atom stereocenters. The third-order valence-corrected chi connectivity index (χ3v) is 3.79. The summed E-state index contributed by atoms with van der Waals surface area (Å²) in [5.41, 5.74) is 1.12. The first-order valence-corrected chi connectivity index (χ1v) is 9.32. The van der Waals surface area contributed by atoms with E-state index in [0.717, 1.165) is 6.26 Å². The van der Waals surface area contributed by atoms with E-state index in [1.807, 2.05) is 0 Å². The molecule has 9 heteroatoms. The minimum Gasteiger partial charge on any atom is -0.459 e. The predicted molar refractivity (Wildman–Crippen MR) is 92.4 cm³/mol. The van der Waals surface area contributed by atoms with Crippen LogP contribution in [0.4, 0.5) is 5.69 Å². The summed E-state index contributed by atoms with van der Waals surface area (Å²) in [6.45, 7) is 1.75. The van der Waals surface area contributed by atoms with Gasteiger partial charge in [-0.25, -0.2) is 8.42 Å². The van der Waals surface area contributed by atoms with Gasteiger partial charge >= 0.3 is 0 Å². The Morgan fingerprint density at radius 1 is 1.20 bits per heavy atom. The zero-order valence-electron chi connectivity index (χ0n) is 13.8. The van der Waals surface area contributed by atoms with Crippen LogP contribution in [0.3, 0.4) is 0 Å². The van der Waals surface area contributed by atoms with Crippen molar-refractivity contribution in [1.29, 1.82) is 0 Å². The zero-order valence-corrected chi connectivity index (χ0v) is 14.6. The van der Waals surface area contributed by atoms with Crippen LogP contribution in [0, 0.1) is 0 Å². The van der Waals surface area contributed by atoms with E-state index in [-0.39, 0.29) is 18.2 Å². The fourth-order valence-corrected chi connectivity index (χ4v) is 2.60. The number of rotatable bonds is 7. The maximum atomic E-state index is 12.1. The summed E-state index contributed by atoms with van der Waals surface area (Å²) in [6, 6.07) is 8.98.